The number of benzene rings is 2. The van der Waals surface area contributed by atoms with Crippen LogP contribution in [0.2, 0.25) is 0 Å². The van der Waals surface area contributed by atoms with Gasteiger partial charge in [-0.3, -0.25) is 24.0 Å². The molecular formula is C23H22N4O4S3. The number of thioether (sulfide) groups is 1. The van der Waals surface area contributed by atoms with E-state index in [0.29, 0.717) is 43.2 Å². The average Bonchev–Trinajstić information content (AvgIpc) is 3.18. The first-order valence-electron chi connectivity index (χ1n) is 10.6. The van der Waals surface area contributed by atoms with Crippen LogP contribution in [0.5, 0.6) is 5.75 Å². The molecule has 0 bridgehead atoms. The molecule has 0 amide bonds. The summed E-state index contributed by atoms with van der Waals surface area (Å²) >= 11 is 8.24. The molecule has 2 heterocycles. The number of nitro benzene ring substituents is 1. The van der Waals surface area contributed by atoms with Gasteiger partial charge in [-0.25, -0.2) is 4.98 Å². The number of unbranched alkanes of at least 4 members (excludes halogenated alkanes) is 1. The number of rotatable bonds is 9. The van der Waals surface area contributed by atoms with E-state index in [0.717, 1.165) is 18.4 Å². The standard InChI is InChI=1S/C23H22N4O4S3/c1-3-4-12-25-21(28)19-20(26(23(32)34-19)17-10-5-6-11-18(17)31-2)24-22(25)33-14-15-8-7-9-16(13-15)27(29)30/h5-11,13H,3-4,12,14H2,1-2H3. The van der Waals surface area contributed by atoms with Gasteiger partial charge >= 0.3 is 0 Å². The van der Waals surface area contributed by atoms with Crippen molar-refractivity contribution in [2.45, 2.75) is 37.2 Å². The zero-order valence-electron chi connectivity index (χ0n) is 18.6. The van der Waals surface area contributed by atoms with Gasteiger partial charge in [0.1, 0.15) is 10.4 Å². The number of methoxy groups -OCH3 is 1. The number of aromatic nitrogens is 3. The molecule has 11 heteroatoms. The Hall–Kier alpha value is -3.02. The summed E-state index contributed by atoms with van der Waals surface area (Å²) in [4.78, 5) is 29.1. The molecule has 0 aliphatic carbocycles. The molecule has 2 aromatic carbocycles. The van der Waals surface area contributed by atoms with Gasteiger partial charge in [0.05, 0.1) is 17.7 Å². The summed E-state index contributed by atoms with van der Waals surface area (Å²) in [5.74, 6) is 1.06. The Labute approximate surface area is 209 Å². The van der Waals surface area contributed by atoms with Crippen molar-refractivity contribution in [1.29, 1.82) is 0 Å². The molecule has 0 aliphatic rings. The molecule has 0 fully saturated rings. The van der Waals surface area contributed by atoms with Crippen LogP contribution < -0.4 is 10.3 Å². The maximum absolute atomic E-state index is 13.5. The smallest absolute Gasteiger partial charge is 0.273 e. The van der Waals surface area contributed by atoms with E-state index in [4.69, 9.17) is 21.9 Å². The van der Waals surface area contributed by atoms with Crippen LogP contribution in [0.4, 0.5) is 5.69 Å². The van der Waals surface area contributed by atoms with Crippen molar-refractivity contribution in [2.24, 2.45) is 0 Å². The van der Waals surface area contributed by atoms with E-state index in [2.05, 4.69) is 6.92 Å². The van der Waals surface area contributed by atoms with E-state index >= 15 is 0 Å². The van der Waals surface area contributed by atoms with Crippen molar-refractivity contribution in [2.75, 3.05) is 7.11 Å². The summed E-state index contributed by atoms with van der Waals surface area (Å²) < 4.78 is 9.97. The summed E-state index contributed by atoms with van der Waals surface area (Å²) in [7, 11) is 1.59. The van der Waals surface area contributed by atoms with E-state index in [-0.39, 0.29) is 11.2 Å². The Bertz CT molecular complexity index is 1480. The minimum absolute atomic E-state index is 0.0347. The predicted octanol–water partition coefficient (Wildman–Crippen LogP) is 5.99. The molecule has 0 N–H and O–H groups in total. The van der Waals surface area contributed by atoms with E-state index < -0.39 is 4.92 Å². The molecule has 0 spiro atoms. The second kappa shape index (κ2) is 10.5. The molecule has 2 aromatic heterocycles. The molecule has 0 saturated carbocycles. The molecule has 0 aliphatic heterocycles. The normalized spacial score (nSPS) is 11.1. The molecule has 0 unspecified atom stereocenters. The highest BCUT2D eigenvalue weighted by Gasteiger charge is 2.19. The third-order valence-electron chi connectivity index (χ3n) is 5.21. The van der Waals surface area contributed by atoms with Gasteiger partial charge in [0.25, 0.3) is 11.2 Å². The molecule has 4 rings (SSSR count). The van der Waals surface area contributed by atoms with E-state index in [1.807, 2.05) is 30.3 Å². The number of nitrogens with zero attached hydrogens (tertiary/aromatic N) is 4. The van der Waals surface area contributed by atoms with Gasteiger partial charge in [0.15, 0.2) is 14.8 Å². The first-order valence-corrected chi connectivity index (χ1v) is 12.8. The third-order valence-corrected chi connectivity index (χ3v) is 7.61. The van der Waals surface area contributed by atoms with Crippen molar-refractivity contribution in [3.05, 3.63) is 78.5 Å². The highest BCUT2D eigenvalue weighted by Crippen LogP contribution is 2.31. The summed E-state index contributed by atoms with van der Waals surface area (Å²) in [5.41, 5.74) is 1.88. The number of fused-ring (bicyclic) bond motifs is 1. The van der Waals surface area contributed by atoms with E-state index in [1.165, 1.54) is 29.2 Å². The SMILES string of the molecule is CCCCn1c(SCc2cccc([N+](=O)[O-])c2)nc2c(sc(=S)n2-c2ccccc2OC)c1=O. The van der Waals surface area contributed by atoms with Gasteiger partial charge in [0, 0.05) is 24.4 Å². The first kappa shape index (κ1) is 24.1. The maximum Gasteiger partial charge on any atom is 0.273 e. The fraction of sp³-hybridized carbons (Fsp3) is 0.261. The second-order valence-electron chi connectivity index (χ2n) is 7.45. The van der Waals surface area contributed by atoms with Crippen LogP contribution in [-0.4, -0.2) is 26.2 Å². The van der Waals surface area contributed by atoms with Gasteiger partial charge < -0.3 is 4.74 Å². The lowest BCUT2D eigenvalue weighted by molar-refractivity contribution is -0.384. The van der Waals surface area contributed by atoms with Crippen molar-refractivity contribution < 1.29 is 9.66 Å². The van der Waals surface area contributed by atoms with Crippen LogP contribution in [0.3, 0.4) is 0 Å². The molecule has 4 aromatic rings. The number of hydrogen-bond acceptors (Lipinski definition) is 8. The highest BCUT2D eigenvalue weighted by molar-refractivity contribution is 7.98. The lowest BCUT2D eigenvalue weighted by Crippen LogP contribution is -2.23. The summed E-state index contributed by atoms with van der Waals surface area (Å²) in [6, 6.07) is 13.9. The van der Waals surface area contributed by atoms with E-state index in [1.54, 1.807) is 28.4 Å². The average molecular weight is 515 g/mol. The zero-order chi connectivity index (χ0) is 24.2. The van der Waals surface area contributed by atoms with Crippen LogP contribution in [0, 0.1) is 14.1 Å². The van der Waals surface area contributed by atoms with Gasteiger partial charge in [0.2, 0.25) is 0 Å². The number of thiazole rings is 1. The summed E-state index contributed by atoms with van der Waals surface area (Å²) in [6.45, 7) is 2.60. The number of para-hydroxylation sites is 2. The van der Waals surface area contributed by atoms with Crippen molar-refractivity contribution >= 4 is 51.4 Å². The molecule has 0 saturated heterocycles. The van der Waals surface area contributed by atoms with Crippen LogP contribution in [-0.2, 0) is 12.3 Å². The maximum atomic E-state index is 13.5. The Kier molecular flexibility index (Phi) is 7.44. The molecule has 0 atom stereocenters. The van der Waals surface area contributed by atoms with Crippen LogP contribution in [0.15, 0.2) is 58.5 Å². The van der Waals surface area contributed by atoms with Crippen molar-refractivity contribution in [3.63, 3.8) is 0 Å². The topological polar surface area (TPSA) is 92.2 Å². The van der Waals surface area contributed by atoms with Gasteiger partial charge in [-0.2, -0.15) is 0 Å². The highest BCUT2D eigenvalue weighted by atomic mass is 32.2. The minimum atomic E-state index is -0.414. The minimum Gasteiger partial charge on any atom is -0.495 e. The second-order valence-corrected chi connectivity index (χ2v) is 10.0. The molecule has 0 radical (unpaired) electrons. The Morgan fingerprint density at radius 3 is 2.76 bits per heavy atom. The van der Waals surface area contributed by atoms with E-state index in [9.17, 15) is 14.9 Å². The fourth-order valence-corrected chi connectivity index (χ4v) is 5.79. The Morgan fingerprint density at radius 2 is 2.03 bits per heavy atom. The molecular weight excluding hydrogens is 492 g/mol. The first-order chi connectivity index (χ1) is 16.4. The number of hydrogen-bond donors (Lipinski definition) is 0. The molecule has 176 valence electrons. The van der Waals surface area contributed by atoms with Crippen molar-refractivity contribution in [3.8, 4) is 11.4 Å². The third kappa shape index (κ3) is 4.77. The number of ether oxygens (including phenoxy) is 1. The van der Waals surface area contributed by atoms with Crippen molar-refractivity contribution in [1.82, 2.24) is 14.1 Å². The summed E-state index contributed by atoms with van der Waals surface area (Å²) in [6.07, 6.45) is 1.76. The lowest BCUT2D eigenvalue weighted by Gasteiger charge is -2.13. The Morgan fingerprint density at radius 1 is 1.24 bits per heavy atom. The fourth-order valence-electron chi connectivity index (χ4n) is 3.53. The van der Waals surface area contributed by atoms with Gasteiger partial charge in [-0.15, -0.1) is 0 Å². The quantitative estimate of drug-likeness (QED) is 0.0891. The predicted molar refractivity (Wildman–Crippen MR) is 138 cm³/mol. The molecule has 8 nitrogen and oxygen atoms in total. The van der Waals surface area contributed by atoms with Gasteiger partial charge in [-0.1, -0.05) is 60.7 Å². The zero-order valence-corrected chi connectivity index (χ0v) is 21.0. The van der Waals surface area contributed by atoms with Crippen LogP contribution >= 0.6 is 35.3 Å². The monoisotopic (exact) mass is 514 g/mol. The molecule has 34 heavy (non-hydrogen) atoms. The van der Waals surface area contributed by atoms with Gasteiger partial charge in [-0.05, 0) is 36.3 Å². The number of non-ortho nitro benzene ring substituents is 1. The summed E-state index contributed by atoms with van der Waals surface area (Å²) in [5, 5.41) is 11.7. The lowest BCUT2D eigenvalue weighted by atomic mass is 10.2. The van der Waals surface area contributed by atoms with Crippen LogP contribution in [0.25, 0.3) is 16.0 Å². The van der Waals surface area contributed by atoms with Crippen LogP contribution in [0.1, 0.15) is 25.3 Å². The number of nitro groups is 1. The Balaban J connectivity index is 1.84. The largest absolute Gasteiger partial charge is 0.495 e.